The highest BCUT2D eigenvalue weighted by atomic mass is 16.5. The van der Waals surface area contributed by atoms with Crippen molar-refractivity contribution in [1.29, 1.82) is 5.26 Å². The van der Waals surface area contributed by atoms with Crippen molar-refractivity contribution in [2.75, 3.05) is 13.7 Å². The SMILES string of the molecule is CCCCCN1C(=O)C(C#N)=C(C)/C(=C\c2ccc(OCc3ccccc3)c(OC)c2)C1=O. The number of nitriles is 1. The lowest BCUT2D eigenvalue weighted by molar-refractivity contribution is -0.140. The Kier molecular flexibility index (Phi) is 8.04. The predicted octanol–water partition coefficient (Wildman–Crippen LogP) is 5.06. The summed E-state index contributed by atoms with van der Waals surface area (Å²) in [7, 11) is 1.56. The van der Waals surface area contributed by atoms with Gasteiger partial charge in [0.05, 0.1) is 7.11 Å². The second-order valence-electron chi connectivity index (χ2n) is 7.82. The second kappa shape index (κ2) is 11.1. The molecule has 33 heavy (non-hydrogen) atoms. The number of ether oxygens (including phenoxy) is 2. The van der Waals surface area contributed by atoms with Crippen LogP contribution < -0.4 is 9.47 Å². The smallest absolute Gasteiger partial charge is 0.271 e. The average Bonchev–Trinajstić information content (AvgIpc) is 2.84. The Balaban J connectivity index is 1.89. The largest absolute Gasteiger partial charge is 0.493 e. The van der Waals surface area contributed by atoms with E-state index in [4.69, 9.17) is 9.47 Å². The minimum absolute atomic E-state index is 0.00660. The van der Waals surface area contributed by atoms with E-state index in [-0.39, 0.29) is 11.5 Å². The van der Waals surface area contributed by atoms with Gasteiger partial charge in [0.25, 0.3) is 11.8 Å². The van der Waals surface area contributed by atoms with Crippen LogP contribution in [0.4, 0.5) is 0 Å². The van der Waals surface area contributed by atoms with Crippen LogP contribution >= 0.6 is 0 Å². The van der Waals surface area contributed by atoms with Crippen LogP contribution in [0.3, 0.4) is 0 Å². The Bertz CT molecular complexity index is 1130. The van der Waals surface area contributed by atoms with Gasteiger partial charge >= 0.3 is 0 Å². The first kappa shape index (κ1) is 23.8. The first-order valence-electron chi connectivity index (χ1n) is 11.0. The number of nitrogens with zero attached hydrogens (tertiary/aromatic N) is 2. The molecule has 0 aromatic heterocycles. The van der Waals surface area contributed by atoms with Gasteiger partial charge in [0.1, 0.15) is 18.2 Å². The first-order valence-corrected chi connectivity index (χ1v) is 11.0. The van der Waals surface area contributed by atoms with Crippen molar-refractivity contribution in [3.8, 4) is 17.6 Å². The highest BCUT2D eigenvalue weighted by Gasteiger charge is 2.35. The van der Waals surface area contributed by atoms with Crippen LogP contribution in [0.2, 0.25) is 0 Å². The van der Waals surface area contributed by atoms with Gasteiger partial charge in [-0.25, -0.2) is 0 Å². The maximum Gasteiger partial charge on any atom is 0.271 e. The molecule has 2 aromatic carbocycles. The van der Waals surface area contributed by atoms with Gasteiger partial charge in [0.2, 0.25) is 0 Å². The first-order chi connectivity index (χ1) is 16.0. The van der Waals surface area contributed by atoms with Crippen LogP contribution in [0.1, 0.15) is 44.2 Å². The molecule has 1 aliphatic rings. The predicted molar refractivity (Wildman–Crippen MR) is 126 cm³/mol. The van der Waals surface area contributed by atoms with Crippen LogP contribution in [-0.4, -0.2) is 30.4 Å². The number of imide groups is 1. The van der Waals surface area contributed by atoms with Gasteiger partial charge in [-0.1, -0.05) is 56.2 Å². The normalized spacial score (nSPS) is 15.1. The van der Waals surface area contributed by atoms with Crippen LogP contribution in [0.15, 0.2) is 65.3 Å². The van der Waals surface area contributed by atoms with Crippen LogP contribution in [-0.2, 0) is 16.2 Å². The van der Waals surface area contributed by atoms with Crippen molar-refractivity contribution in [2.45, 2.75) is 39.7 Å². The van der Waals surface area contributed by atoms with E-state index in [9.17, 15) is 14.9 Å². The highest BCUT2D eigenvalue weighted by Crippen LogP contribution is 2.32. The molecule has 0 atom stereocenters. The number of carbonyl (C=O) groups excluding carboxylic acids is 2. The van der Waals surface area contributed by atoms with Crippen molar-refractivity contribution in [3.05, 3.63) is 76.4 Å². The van der Waals surface area contributed by atoms with E-state index in [1.54, 1.807) is 32.2 Å². The topological polar surface area (TPSA) is 79.6 Å². The van der Waals surface area contributed by atoms with E-state index in [1.165, 1.54) is 4.90 Å². The Hall–Kier alpha value is -3.85. The third-order valence-electron chi connectivity index (χ3n) is 5.55. The van der Waals surface area contributed by atoms with Crippen molar-refractivity contribution in [1.82, 2.24) is 4.90 Å². The molecule has 1 heterocycles. The van der Waals surface area contributed by atoms with Crippen molar-refractivity contribution >= 4 is 17.9 Å². The number of hydrogen-bond donors (Lipinski definition) is 0. The van der Waals surface area contributed by atoms with Gasteiger partial charge < -0.3 is 9.47 Å². The number of unbranched alkanes of at least 4 members (excludes halogenated alkanes) is 2. The Morgan fingerprint density at radius 2 is 1.79 bits per heavy atom. The lowest BCUT2D eigenvalue weighted by Gasteiger charge is -2.27. The molecule has 0 bridgehead atoms. The molecule has 0 saturated heterocycles. The number of hydrogen-bond acceptors (Lipinski definition) is 5. The van der Waals surface area contributed by atoms with Crippen molar-refractivity contribution in [3.63, 3.8) is 0 Å². The van der Waals surface area contributed by atoms with E-state index in [0.29, 0.717) is 47.8 Å². The molecule has 0 saturated carbocycles. The van der Waals surface area contributed by atoms with E-state index < -0.39 is 5.91 Å². The number of amides is 2. The monoisotopic (exact) mass is 444 g/mol. The summed E-state index contributed by atoms with van der Waals surface area (Å²) >= 11 is 0. The molecular weight excluding hydrogens is 416 g/mol. The van der Waals surface area contributed by atoms with Crippen molar-refractivity contribution in [2.24, 2.45) is 0 Å². The fourth-order valence-electron chi connectivity index (χ4n) is 3.65. The lowest BCUT2D eigenvalue weighted by Crippen LogP contribution is -2.43. The van der Waals surface area contributed by atoms with Gasteiger partial charge in [-0.2, -0.15) is 5.26 Å². The second-order valence-corrected chi connectivity index (χ2v) is 7.82. The molecule has 0 spiro atoms. The zero-order chi connectivity index (χ0) is 23.8. The number of benzene rings is 2. The summed E-state index contributed by atoms with van der Waals surface area (Å²) in [5.74, 6) is 0.216. The molecule has 6 heteroatoms. The van der Waals surface area contributed by atoms with Gasteiger partial charge in [0, 0.05) is 12.1 Å². The number of rotatable bonds is 9. The Labute approximate surface area is 194 Å². The maximum atomic E-state index is 13.1. The molecule has 1 aliphatic heterocycles. The van der Waals surface area contributed by atoms with Gasteiger partial charge in [-0.15, -0.1) is 0 Å². The standard InChI is InChI=1S/C27H28N2O4/c1-4-5-9-14-29-26(30)22(19(2)23(17-28)27(29)31)15-21-12-13-24(25(16-21)32-3)33-18-20-10-7-6-8-11-20/h6-8,10-13,15-16H,4-5,9,14,18H2,1-3H3/b22-15+. The number of carbonyl (C=O) groups is 2. The maximum absolute atomic E-state index is 13.1. The molecule has 0 radical (unpaired) electrons. The molecule has 0 fully saturated rings. The highest BCUT2D eigenvalue weighted by molar-refractivity contribution is 6.19. The fraction of sp³-hybridized carbons (Fsp3) is 0.296. The third kappa shape index (κ3) is 5.50. The van der Waals surface area contributed by atoms with Gasteiger partial charge in [-0.05, 0) is 48.3 Å². The Morgan fingerprint density at radius 3 is 2.45 bits per heavy atom. The summed E-state index contributed by atoms with van der Waals surface area (Å²) in [6.07, 6.45) is 4.28. The van der Waals surface area contributed by atoms with Crippen LogP contribution in [0.5, 0.6) is 11.5 Å². The molecule has 3 rings (SSSR count). The summed E-state index contributed by atoms with van der Waals surface area (Å²) in [5.41, 5.74) is 2.48. The van der Waals surface area contributed by atoms with E-state index in [2.05, 4.69) is 6.92 Å². The minimum Gasteiger partial charge on any atom is -0.493 e. The molecule has 0 aliphatic carbocycles. The van der Waals surface area contributed by atoms with Crippen LogP contribution in [0, 0.1) is 11.3 Å². The lowest BCUT2D eigenvalue weighted by atomic mass is 9.93. The summed E-state index contributed by atoms with van der Waals surface area (Å²) in [5, 5.41) is 9.53. The molecule has 2 amide bonds. The average molecular weight is 445 g/mol. The molecular formula is C27H28N2O4. The Morgan fingerprint density at radius 1 is 1.03 bits per heavy atom. The molecule has 6 nitrogen and oxygen atoms in total. The van der Waals surface area contributed by atoms with E-state index >= 15 is 0 Å². The number of methoxy groups -OCH3 is 1. The summed E-state index contributed by atoms with van der Waals surface area (Å²) < 4.78 is 11.4. The summed E-state index contributed by atoms with van der Waals surface area (Å²) in [6.45, 7) is 4.39. The zero-order valence-electron chi connectivity index (χ0n) is 19.3. The zero-order valence-corrected chi connectivity index (χ0v) is 19.3. The molecule has 170 valence electrons. The summed E-state index contributed by atoms with van der Waals surface area (Å²) in [6, 6.07) is 17.2. The fourth-order valence-corrected chi connectivity index (χ4v) is 3.65. The minimum atomic E-state index is -0.518. The summed E-state index contributed by atoms with van der Waals surface area (Å²) in [4.78, 5) is 27.0. The quantitative estimate of drug-likeness (QED) is 0.307. The van der Waals surface area contributed by atoms with Crippen LogP contribution in [0.25, 0.3) is 6.08 Å². The third-order valence-corrected chi connectivity index (χ3v) is 5.55. The van der Waals surface area contributed by atoms with E-state index in [1.807, 2.05) is 42.5 Å². The van der Waals surface area contributed by atoms with Gasteiger partial charge in [0.15, 0.2) is 11.5 Å². The molecule has 0 unspecified atom stereocenters. The molecule has 2 aromatic rings. The van der Waals surface area contributed by atoms with Gasteiger partial charge in [-0.3, -0.25) is 14.5 Å². The van der Waals surface area contributed by atoms with Crippen molar-refractivity contribution < 1.29 is 19.1 Å². The van der Waals surface area contributed by atoms with E-state index in [0.717, 1.165) is 18.4 Å². The molecule has 0 N–H and O–H groups in total.